The van der Waals surface area contributed by atoms with Crippen LogP contribution in [-0.2, 0) is 12.8 Å². The van der Waals surface area contributed by atoms with Gasteiger partial charge in [0.05, 0.1) is 0 Å². The number of aryl methyl sites for hydroxylation is 1. The second kappa shape index (κ2) is 8.58. The minimum absolute atomic E-state index is 0.367. The van der Waals surface area contributed by atoms with Gasteiger partial charge in [-0.15, -0.1) is 0 Å². The van der Waals surface area contributed by atoms with Crippen molar-refractivity contribution in [3.63, 3.8) is 0 Å². The molecule has 1 nitrogen and oxygen atoms in total. The number of hydrogen-bond donors (Lipinski definition) is 1. The average molecular weight is 290 g/mol. The second-order valence-electron chi connectivity index (χ2n) is 8.10. The minimum atomic E-state index is 0.367. The Bertz CT molecular complexity index is 387. The fourth-order valence-corrected chi connectivity index (χ4v) is 2.58. The van der Waals surface area contributed by atoms with Gasteiger partial charge in [-0.2, -0.15) is 0 Å². The largest absolute Gasteiger partial charge is 0.316 e. The first kappa shape index (κ1) is 18.2. The number of hydrogen-bond acceptors (Lipinski definition) is 1. The van der Waals surface area contributed by atoms with Crippen LogP contribution >= 0.6 is 0 Å². The van der Waals surface area contributed by atoms with Gasteiger partial charge in [0, 0.05) is 6.54 Å². The normalized spacial score (nSPS) is 12.4. The molecule has 0 unspecified atom stereocenters. The van der Waals surface area contributed by atoms with Crippen LogP contribution in [0.15, 0.2) is 24.3 Å². The lowest BCUT2D eigenvalue weighted by Gasteiger charge is -2.25. The molecule has 0 bridgehead atoms. The van der Waals surface area contributed by atoms with Crippen LogP contribution in [0.2, 0.25) is 0 Å². The maximum Gasteiger partial charge on any atom is 0.000274 e. The molecular formula is C20H35N. The SMILES string of the molecule is CC(C)CNCC(C)(C)CCc1ccc(CC(C)C)cc1. The molecule has 0 spiro atoms. The van der Waals surface area contributed by atoms with Gasteiger partial charge in [0.25, 0.3) is 0 Å². The highest BCUT2D eigenvalue weighted by molar-refractivity contribution is 5.23. The van der Waals surface area contributed by atoms with Crippen LogP contribution in [0.4, 0.5) is 0 Å². The van der Waals surface area contributed by atoms with E-state index in [1.165, 1.54) is 30.4 Å². The van der Waals surface area contributed by atoms with E-state index in [0.29, 0.717) is 5.41 Å². The lowest BCUT2D eigenvalue weighted by Crippen LogP contribution is -2.32. The average Bonchev–Trinajstić information content (AvgIpc) is 2.36. The number of rotatable bonds is 9. The van der Waals surface area contributed by atoms with Gasteiger partial charge in [0.2, 0.25) is 0 Å². The fraction of sp³-hybridized carbons (Fsp3) is 0.700. The van der Waals surface area contributed by atoms with Crippen LogP contribution in [0, 0.1) is 17.3 Å². The quantitative estimate of drug-likeness (QED) is 0.667. The lowest BCUT2D eigenvalue weighted by molar-refractivity contribution is 0.308. The topological polar surface area (TPSA) is 12.0 Å². The Morgan fingerprint density at radius 3 is 2.00 bits per heavy atom. The van der Waals surface area contributed by atoms with E-state index in [0.717, 1.165) is 24.9 Å². The van der Waals surface area contributed by atoms with E-state index < -0.39 is 0 Å². The summed E-state index contributed by atoms with van der Waals surface area (Å²) in [5.41, 5.74) is 3.30. The van der Waals surface area contributed by atoms with Crippen molar-refractivity contribution in [1.82, 2.24) is 5.32 Å². The molecule has 21 heavy (non-hydrogen) atoms. The molecule has 1 heteroatoms. The summed E-state index contributed by atoms with van der Waals surface area (Å²) in [6.45, 7) is 16.0. The summed E-state index contributed by atoms with van der Waals surface area (Å²) in [6, 6.07) is 9.24. The first-order valence-corrected chi connectivity index (χ1v) is 8.57. The Hall–Kier alpha value is -0.820. The van der Waals surface area contributed by atoms with Crippen molar-refractivity contribution in [2.24, 2.45) is 17.3 Å². The smallest absolute Gasteiger partial charge is 0.000274 e. The molecule has 120 valence electrons. The van der Waals surface area contributed by atoms with Crippen molar-refractivity contribution < 1.29 is 0 Å². The molecule has 0 aliphatic carbocycles. The summed E-state index contributed by atoms with van der Waals surface area (Å²) >= 11 is 0. The zero-order valence-corrected chi connectivity index (χ0v) is 15.0. The number of benzene rings is 1. The highest BCUT2D eigenvalue weighted by Gasteiger charge is 2.17. The highest BCUT2D eigenvalue weighted by Crippen LogP contribution is 2.22. The van der Waals surface area contributed by atoms with Crippen LogP contribution < -0.4 is 5.32 Å². The first-order valence-electron chi connectivity index (χ1n) is 8.57. The molecule has 0 fully saturated rings. The van der Waals surface area contributed by atoms with E-state index >= 15 is 0 Å². The minimum Gasteiger partial charge on any atom is -0.316 e. The van der Waals surface area contributed by atoms with Crippen LogP contribution in [-0.4, -0.2) is 13.1 Å². The van der Waals surface area contributed by atoms with E-state index in [-0.39, 0.29) is 0 Å². The van der Waals surface area contributed by atoms with Gasteiger partial charge in [-0.1, -0.05) is 65.8 Å². The van der Waals surface area contributed by atoms with Gasteiger partial charge in [-0.25, -0.2) is 0 Å². The Morgan fingerprint density at radius 2 is 1.48 bits per heavy atom. The van der Waals surface area contributed by atoms with E-state index in [1.54, 1.807) is 0 Å². The maximum atomic E-state index is 3.59. The molecule has 1 aromatic carbocycles. The van der Waals surface area contributed by atoms with Crippen molar-refractivity contribution in [3.05, 3.63) is 35.4 Å². The third kappa shape index (κ3) is 8.26. The van der Waals surface area contributed by atoms with Gasteiger partial charge >= 0.3 is 0 Å². The Balaban J connectivity index is 2.39. The molecule has 0 atom stereocenters. The molecule has 1 aromatic rings. The summed E-state index contributed by atoms with van der Waals surface area (Å²) in [5.74, 6) is 1.47. The molecule has 1 rings (SSSR count). The molecular weight excluding hydrogens is 254 g/mol. The predicted octanol–water partition coefficient (Wildman–Crippen LogP) is 5.09. The van der Waals surface area contributed by atoms with Crippen molar-refractivity contribution >= 4 is 0 Å². The van der Waals surface area contributed by atoms with Gasteiger partial charge in [0.15, 0.2) is 0 Å². The van der Waals surface area contributed by atoms with Crippen molar-refractivity contribution in [2.45, 2.75) is 60.8 Å². The Morgan fingerprint density at radius 1 is 0.905 bits per heavy atom. The van der Waals surface area contributed by atoms with E-state index in [9.17, 15) is 0 Å². The Labute approximate surface area is 132 Å². The molecule has 0 aromatic heterocycles. The molecule has 0 saturated heterocycles. The van der Waals surface area contributed by atoms with Crippen LogP contribution in [0.25, 0.3) is 0 Å². The molecule has 0 radical (unpaired) electrons. The van der Waals surface area contributed by atoms with Gasteiger partial charge < -0.3 is 5.32 Å². The maximum absolute atomic E-state index is 3.59. The zero-order valence-electron chi connectivity index (χ0n) is 15.0. The number of nitrogens with one attached hydrogen (secondary N) is 1. The predicted molar refractivity (Wildman–Crippen MR) is 94.8 cm³/mol. The molecule has 0 amide bonds. The van der Waals surface area contributed by atoms with E-state index in [1.807, 2.05) is 0 Å². The third-order valence-corrected chi connectivity index (χ3v) is 3.91. The molecule has 0 aliphatic rings. The van der Waals surface area contributed by atoms with Crippen molar-refractivity contribution in [1.29, 1.82) is 0 Å². The summed E-state index contributed by atoms with van der Waals surface area (Å²) in [7, 11) is 0. The van der Waals surface area contributed by atoms with Gasteiger partial charge in [0.1, 0.15) is 0 Å². The van der Waals surface area contributed by atoms with Crippen molar-refractivity contribution in [3.8, 4) is 0 Å². The first-order chi connectivity index (χ1) is 9.78. The van der Waals surface area contributed by atoms with Crippen LogP contribution in [0.5, 0.6) is 0 Å². The second-order valence-corrected chi connectivity index (χ2v) is 8.10. The fourth-order valence-electron chi connectivity index (χ4n) is 2.58. The van der Waals surface area contributed by atoms with Crippen molar-refractivity contribution in [2.75, 3.05) is 13.1 Å². The van der Waals surface area contributed by atoms with Gasteiger partial charge in [-0.05, 0) is 54.2 Å². The standard InChI is InChI=1S/C20H35N/c1-16(2)13-19-9-7-18(8-10-19)11-12-20(5,6)15-21-14-17(3)4/h7-10,16-17,21H,11-15H2,1-6H3. The molecule has 1 N–H and O–H groups in total. The van der Waals surface area contributed by atoms with E-state index in [4.69, 9.17) is 0 Å². The summed E-state index contributed by atoms with van der Waals surface area (Å²) in [6.07, 6.45) is 3.60. The van der Waals surface area contributed by atoms with Crippen LogP contribution in [0.1, 0.15) is 59.1 Å². The monoisotopic (exact) mass is 289 g/mol. The molecule has 0 aliphatic heterocycles. The zero-order chi connectivity index (χ0) is 15.9. The Kier molecular flexibility index (Phi) is 7.45. The highest BCUT2D eigenvalue weighted by atomic mass is 14.9. The summed E-state index contributed by atoms with van der Waals surface area (Å²) < 4.78 is 0. The summed E-state index contributed by atoms with van der Waals surface area (Å²) in [5, 5.41) is 3.59. The van der Waals surface area contributed by atoms with E-state index in [2.05, 4.69) is 71.1 Å². The van der Waals surface area contributed by atoms with Crippen LogP contribution in [0.3, 0.4) is 0 Å². The summed E-state index contributed by atoms with van der Waals surface area (Å²) in [4.78, 5) is 0. The molecule has 0 heterocycles. The third-order valence-electron chi connectivity index (χ3n) is 3.91. The lowest BCUT2D eigenvalue weighted by atomic mass is 9.86. The van der Waals surface area contributed by atoms with Gasteiger partial charge in [-0.3, -0.25) is 0 Å². The molecule has 0 saturated carbocycles.